The Morgan fingerprint density at radius 2 is 1.69 bits per heavy atom. The predicted octanol–water partition coefficient (Wildman–Crippen LogP) is 4.47. The van der Waals surface area contributed by atoms with Crippen molar-refractivity contribution in [1.82, 2.24) is 0 Å². The van der Waals surface area contributed by atoms with Crippen molar-refractivity contribution in [3.8, 4) is 11.1 Å². The van der Waals surface area contributed by atoms with Gasteiger partial charge in [-0.15, -0.1) is 0 Å². The van der Waals surface area contributed by atoms with Gasteiger partial charge in [0.2, 0.25) is 0 Å². The van der Waals surface area contributed by atoms with Gasteiger partial charge in [0.1, 0.15) is 0 Å². The summed E-state index contributed by atoms with van der Waals surface area (Å²) in [5.41, 5.74) is 2.41. The zero-order valence-corrected chi connectivity index (χ0v) is 9.79. The predicted molar refractivity (Wildman–Crippen MR) is 67.3 cm³/mol. The third-order valence-electron chi connectivity index (χ3n) is 2.29. The SMILES string of the molecule is O=Cc1ccc(-c2cccc(Cl)c2)cc1Cl. The molecule has 0 saturated heterocycles. The number of hydrogen-bond acceptors (Lipinski definition) is 1. The van der Waals surface area contributed by atoms with Gasteiger partial charge < -0.3 is 0 Å². The van der Waals surface area contributed by atoms with E-state index in [0.29, 0.717) is 15.6 Å². The normalized spacial score (nSPS) is 10.1. The lowest BCUT2D eigenvalue weighted by atomic mass is 10.0. The molecule has 0 aliphatic rings. The molecule has 16 heavy (non-hydrogen) atoms. The van der Waals surface area contributed by atoms with Crippen LogP contribution in [0.15, 0.2) is 42.5 Å². The van der Waals surface area contributed by atoms with E-state index < -0.39 is 0 Å². The van der Waals surface area contributed by atoms with E-state index in [1.165, 1.54) is 0 Å². The largest absolute Gasteiger partial charge is 0.298 e. The maximum atomic E-state index is 10.6. The van der Waals surface area contributed by atoms with E-state index in [0.717, 1.165) is 17.4 Å². The Morgan fingerprint density at radius 1 is 0.938 bits per heavy atom. The zero-order chi connectivity index (χ0) is 11.5. The molecule has 0 amide bonds. The van der Waals surface area contributed by atoms with E-state index in [1.807, 2.05) is 30.3 Å². The van der Waals surface area contributed by atoms with E-state index >= 15 is 0 Å². The van der Waals surface area contributed by atoms with Gasteiger partial charge in [0, 0.05) is 10.6 Å². The van der Waals surface area contributed by atoms with Crippen molar-refractivity contribution in [1.29, 1.82) is 0 Å². The van der Waals surface area contributed by atoms with Gasteiger partial charge in [-0.25, -0.2) is 0 Å². The summed E-state index contributed by atoms with van der Waals surface area (Å²) in [6.45, 7) is 0. The summed E-state index contributed by atoms with van der Waals surface area (Å²) in [5.74, 6) is 0. The van der Waals surface area contributed by atoms with Crippen molar-refractivity contribution in [2.45, 2.75) is 0 Å². The molecule has 0 bridgehead atoms. The van der Waals surface area contributed by atoms with Gasteiger partial charge in [-0.3, -0.25) is 4.79 Å². The maximum absolute atomic E-state index is 10.6. The van der Waals surface area contributed by atoms with Gasteiger partial charge in [0.25, 0.3) is 0 Å². The fourth-order valence-electron chi connectivity index (χ4n) is 1.47. The molecule has 3 heteroatoms. The Kier molecular flexibility index (Phi) is 3.28. The highest BCUT2D eigenvalue weighted by Crippen LogP contribution is 2.26. The van der Waals surface area contributed by atoms with E-state index in [9.17, 15) is 4.79 Å². The standard InChI is InChI=1S/C13H8Cl2O/c14-12-3-1-2-9(6-12)10-4-5-11(8-16)13(15)7-10/h1-8H. The molecule has 2 aromatic carbocycles. The first-order valence-corrected chi connectivity index (χ1v) is 5.47. The molecule has 2 rings (SSSR count). The number of aldehydes is 1. The lowest BCUT2D eigenvalue weighted by Crippen LogP contribution is -1.84. The summed E-state index contributed by atoms with van der Waals surface area (Å²) in [6, 6.07) is 12.8. The lowest BCUT2D eigenvalue weighted by molar-refractivity contribution is 0.112. The van der Waals surface area contributed by atoms with Gasteiger partial charge in [-0.1, -0.05) is 41.4 Å². The molecule has 0 unspecified atom stereocenters. The minimum Gasteiger partial charge on any atom is -0.298 e. The van der Waals surface area contributed by atoms with Crippen LogP contribution in [0.25, 0.3) is 11.1 Å². The molecule has 0 radical (unpaired) electrons. The van der Waals surface area contributed by atoms with Crippen LogP contribution in [0.4, 0.5) is 0 Å². The molecule has 0 aliphatic heterocycles. The first kappa shape index (κ1) is 11.2. The highest BCUT2D eigenvalue weighted by atomic mass is 35.5. The number of halogens is 2. The molecule has 0 aliphatic carbocycles. The topological polar surface area (TPSA) is 17.1 Å². The van der Waals surface area contributed by atoms with Crippen LogP contribution < -0.4 is 0 Å². The Morgan fingerprint density at radius 3 is 2.31 bits per heavy atom. The Hall–Kier alpha value is -1.31. The molecule has 0 saturated carbocycles. The monoisotopic (exact) mass is 250 g/mol. The summed E-state index contributed by atoms with van der Waals surface area (Å²) in [6.07, 6.45) is 0.740. The molecule has 0 aromatic heterocycles. The average Bonchev–Trinajstić information content (AvgIpc) is 2.29. The van der Waals surface area contributed by atoms with Crippen molar-refractivity contribution in [3.05, 3.63) is 58.1 Å². The molecule has 0 heterocycles. The molecule has 0 N–H and O–H groups in total. The Balaban J connectivity index is 2.49. The number of carbonyl (C=O) groups excluding carboxylic acids is 1. The molecule has 0 spiro atoms. The second kappa shape index (κ2) is 4.69. The summed E-state index contributed by atoms with van der Waals surface area (Å²) < 4.78 is 0. The van der Waals surface area contributed by atoms with Gasteiger partial charge in [-0.05, 0) is 35.4 Å². The van der Waals surface area contributed by atoms with Crippen LogP contribution in [0, 0.1) is 0 Å². The van der Waals surface area contributed by atoms with Gasteiger partial charge >= 0.3 is 0 Å². The van der Waals surface area contributed by atoms with Crippen LogP contribution in [0.1, 0.15) is 10.4 Å². The van der Waals surface area contributed by atoms with Crippen molar-refractivity contribution < 1.29 is 4.79 Å². The van der Waals surface area contributed by atoms with Crippen LogP contribution in [0.2, 0.25) is 10.0 Å². The lowest BCUT2D eigenvalue weighted by Gasteiger charge is -2.04. The highest BCUT2D eigenvalue weighted by Gasteiger charge is 2.03. The minimum atomic E-state index is 0.451. The Labute approximate surface area is 104 Å². The summed E-state index contributed by atoms with van der Waals surface area (Å²) in [7, 11) is 0. The van der Waals surface area contributed by atoms with E-state index in [2.05, 4.69) is 0 Å². The average molecular weight is 251 g/mol. The first-order chi connectivity index (χ1) is 7.70. The number of rotatable bonds is 2. The van der Waals surface area contributed by atoms with Gasteiger partial charge in [0.05, 0.1) is 5.02 Å². The van der Waals surface area contributed by atoms with E-state index in [4.69, 9.17) is 23.2 Å². The number of carbonyl (C=O) groups is 1. The molecular weight excluding hydrogens is 243 g/mol. The van der Waals surface area contributed by atoms with Crippen LogP contribution in [-0.4, -0.2) is 6.29 Å². The van der Waals surface area contributed by atoms with Crippen molar-refractivity contribution >= 4 is 29.5 Å². The quantitative estimate of drug-likeness (QED) is 0.719. The second-order valence-corrected chi connectivity index (χ2v) is 4.21. The zero-order valence-electron chi connectivity index (χ0n) is 8.28. The van der Waals surface area contributed by atoms with Gasteiger partial charge in [0.15, 0.2) is 6.29 Å². The highest BCUT2D eigenvalue weighted by molar-refractivity contribution is 6.33. The summed E-state index contributed by atoms with van der Waals surface area (Å²) in [5, 5.41) is 1.13. The third kappa shape index (κ3) is 2.26. The molecule has 0 atom stereocenters. The smallest absolute Gasteiger partial charge is 0.151 e. The second-order valence-electron chi connectivity index (χ2n) is 3.36. The number of benzene rings is 2. The van der Waals surface area contributed by atoms with Crippen molar-refractivity contribution in [3.63, 3.8) is 0 Å². The minimum absolute atomic E-state index is 0.451. The molecular formula is C13H8Cl2O. The van der Waals surface area contributed by atoms with E-state index in [1.54, 1.807) is 12.1 Å². The van der Waals surface area contributed by atoms with Crippen molar-refractivity contribution in [2.24, 2.45) is 0 Å². The van der Waals surface area contributed by atoms with Gasteiger partial charge in [-0.2, -0.15) is 0 Å². The van der Waals surface area contributed by atoms with Crippen LogP contribution in [-0.2, 0) is 0 Å². The van der Waals surface area contributed by atoms with Crippen molar-refractivity contribution in [2.75, 3.05) is 0 Å². The fraction of sp³-hybridized carbons (Fsp3) is 0. The van der Waals surface area contributed by atoms with Crippen LogP contribution in [0.3, 0.4) is 0 Å². The summed E-state index contributed by atoms with van der Waals surface area (Å²) >= 11 is 11.9. The van der Waals surface area contributed by atoms with Crippen LogP contribution in [0.5, 0.6) is 0 Å². The van der Waals surface area contributed by atoms with E-state index in [-0.39, 0.29) is 0 Å². The summed E-state index contributed by atoms with van der Waals surface area (Å²) in [4.78, 5) is 10.6. The molecule has 80 valence electrons. The Bertz CT molecular complexity index is 535. The first-order valence-electron chi connectivity index (χ1n) is 4.71. The molecule has 0 fully saturated rings. The maximum Gasteiger partial charge on any atom is 0.151 e. The molecule has 2 aromatic rings. The third-order valence-corrected chi connectivity index (χ3v) is 2.85. The van der Waals surface area contributed by atoms with Crippen LogP contribution >= 0.6 is 23.2 Å². The molecule has 1 nitrogen and oxygen atoms in total. The fourth-order valence-corrected chi connectivity index (χ4v) is 1.89. The number of hydrogen-bond donors (Lipinski definition) is 0.